The lowest BCUT2D eigenvalue weighted by Gasteiger charge is -2.46. The summed E-state index contributed by atoms with van der Waals surface area (Å²) in [5.41, 5.74) is 2.60. The van der Waals surface area contributed by atoms with Gasteiger partial charge in [-0.2, -0.15) is 0 Å². The van der Waals surface area contributed by atoms with Gasteiger partial charge in [0.1, 0.15) is 66.1 Å². The molecule has 3 aliphatic heterocycles. The van der Waals surface area contributed by atoms with Gasteiger partial charge in [-0.1, -0.05) is 24.3 Å². The molecule has 3 heterocycles. The minimum Gasteiger partial charge on any atom is -0.508 e. The third-order valence-corrected chi connectivity index (χ3v) is 9.90. The number of hydrogen-bond donors (Lipinski definition) is 8. The molecule has 270 valence electrons. The van der Waals surface area contributed by atoms with Crippen LogP contribution in [0.4, 0.5) is 10.1 Å². The summed E-state index contributed by atoms with van der Waals surface area (Å²) in [6.07, 6.45) is -14.5. The van der Waals surface area contributed by atoms with E-state index in [1.54, 1.807) is 36.4 Å². The van der Waals surface area contributed by atoms with Gasteiger partial charge in [-0.25, -0.2) is 4.39 Å². The molecule has 3 aliphatic rings. The van der Waals surface area contributed by atoms with E-state index in [2.05, 4.69) is 0 Å². The first-order valence-electron chi connectivity index (χ1n) is 15.9. The van der Waals surface area contributed by atoms with Gasteiger partial charge in [-0.15, -0.1) is 0 Å². The number of aromatic hydroxyl groups is 1. The van der Waals surface area contributed by atoms with Crippen LogP contribution < -0.4 is 9.08 Å². The zero-order valence-corrected chi connectivity index (χ0v) is 27.2. The van der Waals surface area contributed by atoms with E-state index in [1.165, 1.54) is 29.2 Å². The van der Waals surface area contributed by atoms with Crippen LogP contribution in [0.3, 0.4) is 0 Å². The van der Waals surface area contributed by atoms with Crippen molar-refractivity contribution in [1.29, 1.82) is 0 Å². The summed E-state index contributed by atoms with van der Waals surface area (Å²) in [6, 6.07) is 17.3. The third kappa shape index (κ3) is 7.33. The fraction of sp³-hybridized carbons (Fsp3) is 0.441. The quantitative estimate of drug-likeness (QED) is 0.0993. The highest BCUT2D eigenvalue weighted by atomic mass is 32.2. The maximum absolute atomic E-state index is 13.4. The monoisotopic (exact) mass is 719 g/mol. The molecule has 3 aromatic carbocycles. The average molecular weight is 720 g/mol. The predicted octanol–water partition coefficient (Wildman–Crippen LogP) is 0.370. The Morgan fingerprint density at radius 1 is 0.780 bits per heavy atom. The molecule has 14 nitrogen and oxygen atoms in total. The molecule has 8 N–H and O–H groups in total. The fourth-order valence-electron chi connectivity index (χ4n) is 6.27. The molecule has 0 radical (unpaired) electrons. The smallest absolute Gasteiger partial charge is 0.230 e. The number of halogens is 1. The van der Waals surface area contributed by atoms with Gasteiger partial charge in [0.05, 0.1) is 49.6 Å². The Bertz CT molecular complexity index is 1610. The van der Waals surface area contributed by atoms with E-state index >= 15 is 0 Å². The van der Waals surface area contributed by atoms with E-state index in [-0.39, 0.29) is 29.9 Å². The molecule has 3 saturated heterocycles. The number of ether oxygens (including phenoxy) is 3. The van der Waals surface area contributed by atoms with Gasteiger partial charge < -0.3 is 64.1 Å². The normalized spacial score (nSPS) is 32.8. The summed E-state index contributed by atoms with van der Waals surface area (Å²) in [4.78, 5) is 13.9. The number of β-lactam (4-membered cyclic amide) rings is 1. The SMILES string of the molecule is O=C1CC(c2ccc(-c3ccc(OSCC4OC(CO)C(OC5OC(CO)C(O)C(O)C5O)C(O)C4O)cc3)cc2O)N1c1ccc(F)cc1. The number of amides is 1. The third-order valence-electron chi connectivity index (χ3n) is 9.12. The molecular formula is C34H38FNO13S. The maximum Gasteiger partial charge on any atom is 0.230 e. The Morgan fingerprint density at radius 3 is 2.08 bits per heavy atom. The highest BCUT2D eigenvalue weighted by Gasteiger charge is 2.50. The molecule has 1 amide bonds. The van der Waals surface area contributed by atoms with Gasteiger partial charge in [-0.3, -0.25) is 4.79 Å². The number of nitrogens with zero attached hydrogens (tertiary/aromatic N) is 1. The second-order valence-corrected chi connectivity index (χ2v) is 13.0. The zero-order chi connectivity index (χ0) is 35.7. The summed E-state index contributed by atoms with van der Waals surface area (Å²) in [5, 5.41) is 82.1. The second kappa shape index (κ2) is 15.5. The number of benzene rings is 3. The first-order chi connectivity index (χ1) is 24.0. The minimum absolute atomic E-state index is 0.0123. The van der Waals surface area contributed by atoms with Crippen molar-refractivity contribution >= 4 is 23.6 Å². The molecule has 16 heteroatoms. The summed E-state index contributed by atoms with van der Waals surface area (Å²) >= 11 is 0.925. The van der Waals surface area contributed by atoms with Gasteiger partial charge in [0, 0.05) is 11.3 Å². The van der Waals surface area contributed by atoms with Crippen LogP contribution >= 0.6 is 12.0 Å². The summed E-state index contributed by atoms with van der Waals surface area (Å²) in [6.45, 7) is -1.33. The van der Waals surface area contributed by atoms with Crippen molar-refractivity contribution in [2.45, 2.75) is 73.7 Å². The molecule has 0 bridgehead atoms. The molecular weight excluding hydrogens is 681 g/mol. The highest BCUT2D eigenvalue weighted by molar-refractivity contribution is 7.95. The lowest BCUT2D eigenvalue weighted by Crippen LogP contribution is -2.64. The number of carbonyl (C=O) groups is 1. The van der Waals surface area contributed by atoms with Gasteiger partial charge >= 0.3 is 0 Å². The molecule has 3 aromatic rings. The number of aliphatic hydroxyl groups is 7. The average Bonchev–Trinajstić information content (AvgIpc) is 3.11. The second-order valence-electron chi connectivity index (χ2n) is 12.3. The molecule has 3 fully saturated rings. The van der Waals surface area contributed by atoms with Crippen LogP contribution in [-0.2, 0) is 19.0 Å². The Hall–Kier alpha value is -3.39. The zero-order valence-electron chi connectivity index (χ0n) is 26.4. The highest BCUT2D eigenvalue weighted by Crippen LogP contribution is 2.43. The van der Waals surface area contributed by atoms with Crippen LogP contribution in [0.1, 0.15) is 18.0 Å². The lowest BCUT2D eigenvalue weighted by atomic mass is 9.90. The molecule has 0 saturated carbocycles. The fourth-order valence-corrected chi connectivity index (χ4v) is 7.00. The van der Waals surface area contributed by atoms with E-state index in [0.717, 1.165) is 17.6 Å². The van der Waals surface area contributed by atoms with Crippen LogP contribution in [-0.4, -0.2) is 127 Å². The first-order valence-corrected chi connectivity index (χ1v) is 16.8. The largest absolute Gasteiger partial charge is 0.508 e. The molecule has 11 unspecified atom stereocenters. The van der Waals surface area contributed by atoms with Crippen LogP contribution in [0.25, 0.3) is 11.1 Å². The van der Waals surface area contributed by atoms with E-state index in [4.69, 9.17) is 18.4 Å². The maximum atomic E-state index is 13.4. The van der Waals surface area contributed by atoms with Crippen LogP contribution in [0, 0.1) is 5.82 Å². The Morgan fingerprint density at radius 2 is 1.44 bits per heavy atom. The van der Waals surface area contributed by atoms with Crippen LogP contribution in [0.15, 0.2) is 66.7 Å². The molecule has 0 aliphatic carbocycles. The van der Waals surface area contributed by atoms with Gasteiger partial charge in [0.2, 0.25) is 5.91 Å². The summed E-state index contributed by atoms with van der Waals surface area (Å²) in [7, 11) is 0. The molecule has 11 atom stereocenters. The Labute approximate surface area is 290 Å². The van der Waals surface area contributed by atoms with E-state index in [0.29, 0.717) is 22.6 Å². The number of phenolic OH excluding ortho intramolecular Hbond substituents is 1. The Balaban J connectivity index is 1.03. The topological polar surface area (TPSA) is 219 Å². The number of anilines is 1. The van der Waals surface area contributed by atoms with Crippen molar-refractivity contribution in [1.82, 2.24) is 0 Å². The van der Waals surface area contributed by atoms with Gasteiger partial charge in [-0.05, 0) is 53.6 Å². The predicted molar refractivity (Wildman–Crippen MR) is 174 cm³/mol. The number of phenols is 1. The Kier molecular flexibility index (Phi) is 11.3. The van der Waals surface area contributed by atoms with E-state index in [9.17, 15) is 50.0 Å². The van der Waals surface area contributed by atoms with Gasteiger partial charge in [0.25, 0.3) is 0 Å². The van der Waals surface area contributed by atoms with Crippen LogP contribution in [0.2, 0.25) is 0 Å². The number of aliphatic hydroxyl groups excluding tert-OH is 7. The summed E-state index contributed by atoms with van der Waals surface area (Å²) < 4.78 is 35.8. The molecule has 50 heavy (non-hydrogen) atoms. The van der Waals surface area contributed by atoms with Crippen molar-refractivity contribution in [2.75, 3.05) is 23.9 Å². The summed E-state index contributed by atoms with van der Waals surface area (Å²) in [5.74, 6) is -0.0453. The molecule has 6 rings (SSSR count). The number of rotatable bonds is 11. The lowest BCUT2D eigenvalue weighted by molar-refractivity contribution is -0.341. The van der Waals surface area contributed by atoms with Gasteiger partial charge in [0.15, 0.2) is 6.29 Å². The van der Waals surface area contributed by atoms with E-state index in [1.807, 2.05) is 6.07 Å². The first kappa shape index (κ1) is 36.4. The number of carbonyl (C=O) groups excluding carboxylic acids is 1. The van der Waals surface area contributed by atoms with Crippen molar-refractivity contribution in [3.8, 4) is 22.6 Å². The van der Waals surface area contributed by atoms with Crippen molar-refractivity contribution < 1.29 is 68.4 Å². The van der Waals surface area contributed by atoms with Crippen LogP contribution in [0.5, 0.6) is 11.5 Å². The van der Waals surface area contributed by atoms with Crippen molar-refractivity contribution in [3.63, 3.8) is 0 Å². The van der Waals surface area contributed by atoms with Crippen molar-refractivity contribution in [2.24, 2.45) is 0 Å². The minimum atomic E-state index is -1.76. The van der Waals surface area contributed by atoms with E-state index < -0.39 is 80.3 Å². The standard InChI is InChI=1S/C34H38FNO13S/c35-18-4-6-19(7-5-18)36-22(12-27(36)40)21-10-3-17(11-23(21)39)16-1-8-20(9-2-16)49-50-15-26-29(42)31(44)33(25(14-38)46-26)48-34-32(45)30(43)28(41)24(13-37)47-34/h1-11,22,24-26,28-34,37-39,41-45H,12-15H2. The molecule has 0 spiro atoms. The van der Waals surface area contributed by atoms with Crippen molar-refractivity contribution in [3.05, 3.63) is 78.1 Å². The number of hydrogen-bond acceptors (Lipinski definition) is 14. The molecule has 0 aromatic heterocycles.